The SMILES string of the molecule is Cc1ccc(NC(=O)COc2cccc(C=NNC(=O)c3ccncc3)c2)cc1C. The number of amides is 2. The molecule has 0 saturated carbocycles. The molecule has 0 saturated heterocycles. The molecule has 3 aromatic rings. The van der Waals surface area contributed by atoms with Crippen LogP contribution in [0.5, 0.6) is 5.75 Å². The third kappa shape index (κ3) is 6.00. The van der Waals surface area contributed by atoms with E-state index in [0.717, 1.165) is 16.8 Å². The van der Waals surface area contributed by atoms with Gasteiger partial charge in [0.25, 0.3) is 11.8 Å². The first-order valence-electron chi connectivity index (χ1n) is 9.34. The fraction of sp³-hybridized carbons (Fsp3) is 0.130. The fourth-order valence-electron chi connectivity index (χ4n) is 2.58. The number of nitrogens with one attached hydrogen (secondary N) is 2. The maximum absolute atomic E-state index is 12.1. The second-order valence-electron chi connectivity index (χ2n) is 6.64. The first-order chi connectivity index (χ1) is 14.5. The van der Waals surface area contributed by atoms with Crippen molar-refractivity contribution in [2.45, 2.75) is 13.8 Å². The van der Waals surface area contributed by atoms with Crippen LogP contribution < -0.4 is 15.5 Å². The molecule has 2 amide bonds. The van der Waals surface area contributed by atoms with Crippen molar-refractivity contribution < 1.29 is 14.3 Å². The number of nitrogens with zero attached hydrogens (tertiary/aromatic N) is 2. The molecule has 0 fully saturated rings. The smallest absolute Gasteiger partial charge is 0.271 e. The highest BCUT2D eigenvalue weighted by molar-refractivity contribution is 5.94. The van der Waals surface area contributed by atoms with Crippen LogP contribution >= 0.6 is 0 Å². The Labute approximate surface area is 174 Å². The van der Waals surface area contributed by atoms with Crippen molar-refractivity contribution >= 4 is 23.7 Å². The van der Waals surface area contributed by atoms with Crippen molar-refractivity contribution in [2.75, 3.05) is 11.9 Å². The number of carbonyl (C=O) groups excluding carboxylic acids is 2. The average molecular weight is 402 g/mol. The summed E-state index contributed by atoms with van der Waals surface area (Å²) < 4.78 is 5.56. The van der Waals surface area contributed by atoms with Crippen molar-refractivity contribution in [1.29, 1.82) is 0 Å². The Bertz CT molecular complexity index is 1070. The number of hydrogen-bond donors (Lipinski definition) is 2. The summed E-state index contributed by atoms with van der Waals surface area (Å²) in [6, 6.07) is 16.0. The first kappa shape index (κ1) is 20.7. The van der Waals surface area contributed by atoms with E-state index in [9.17, 15) is 9.59 Å². The summed E-state index contributed by atoms with van der Waals surface area (Å²) in [6.45, 7) is 3.89. The van der Waals surface area contributed by atoms with Crippen LogP contribution in [0.25, 0.3) is 0 Å². The standard InChI is InChI=1S/C23H22N4O3/c1-16-6-7-20(12-17(16)2)26-22(28)15-30-21-5-3-4-18(13-21)14-25-27-23(29)19-8-10-24-11-9-19/h3-14H,15H2,1-2H3,(H,26,28)(H,27,29). The fourth-order valence-corrected chi connectivity index (χ4v) is 2.58. The Balaban J connectivity index is 1.51. The summed E-state index contributed by atoms with van der Waals surface area (Å²) >= 11 is 0. The van der Waals surface area contributed by atoms with E-state index < -0.39 is 0 Å². The normalized spacial score (nSPS) is 10.6. The topological polar surface area (TPSA) is 92.7 Å². The number of carbonyl (C=O) groups is 2. The predicted octanol–water partition coefficient (Wildman–Crippen LogP) is 3.48. The quantitative estimate of drug-likeness (QED) is 0.467. The zero-order valence-corrected chi connectivity index (χ0v) is 16.8. The minimum absolute atomic E-state index is 0.119. The molecule has 7 heteroatoms. The molecule has 0 aliphatic rings. The van der Waals surface area contributed by atoms with Gasteiger partial charge in [0.2, 0.25) is 0 Å². The van der Waals surface area contributed by atoms with Gasteiger partial charge in [0, 0.05) is 23.6 Å². The van der Waals surface area contributed by atoms with E-state index in [4.69, 9.17) is 4.74 Å². The Morgan fingerprint density at radius 1 is 1.03 bits per heavy atom. The minimum atomic E-state index is -0.330. The molecule has 0 spiro atoms. The number of rotatable bonds is 7. The number of hydrogen-bond acceptors (Lipinski definition) is 5. The van der Waals surface area contributed by atoms with Crippen LogP contribution in [-0.4, -0.2) is 29.6 Å². The molecule has 1 aromatic heterocycles. The lowest BCUT2D eigenvalue weighted by Gasteiger charge is -2.09. The molecule has 152 valence electrons. The molecule has 0 radical (unpaired) electrons. The van der Waals surface area contributed by atoms with E-state index in [1.165, 1.54) is 24.2 Å². The van der Waals surface area contributed by atoms with Crippen molar-refractivity contribution in [3.05, 3.63) is 89.2 Å². The van der Waals surface area contributed by atoms with E-state index in [2.05, 4.69) is 20.8 Å². The van der Waals surface area contributed by atoms with Gasteiger partial charge in [0.1, 0.15) is 5.75 Å². The molecule has 0 atom stereocenters. The van der Waals surface area contributed by atoms with E-state index in [-0.39, 0.29) is 18.4 Å². The summed E-state index contributed by atoms with van der Waals surface area (Å²) in [7, 11) is 0. The zero-order chi connectivity index (χ0) is 21.3. The second-order valence-corrected chi connectivity index (χ2v) is 6.64. The van der Waals surface area contributed by atoms with Gasteiger partial charge in [-0.2, -0.15) is 5.10 Å². The van der Waals surface area contributed by atoms with E-state index in [0.29, 0.717) is 11.3 Å². The average Bonchev–Trinajstić information content (AvgIpc) is 2.76. The summed E-state index contributed by atoms with van der Waals surface area (Å²) in [5.74, 6) is -0.0550. The molecular weight excluding hydrogens is 380 g/mol. The van der Waals surface area contributed by atoms with E-state index in [1.807, 2.05) is 38.1 Å². The minimum Gasteiger partial charge on any atom is -0.484 e. The third-order valence-electron chi connectivity index (χ3n) is 4.34. The summed E-state index contributed by atoms with van der Waals surface area (Å²) in [5, 5.41) is 6.76. The summed E-state index contributed by atoms with van der Waals surface area (Å²) in [4.78, 5) is 27.9. The number of anilines is 1. The largest absolute Gasteiger partial charge is 0.484 e. The van der Waals surface area contributed by atoms with Crippen LogP contribution in [0, 0.1) is 13.8 Å². The molecule has 0 aliphatic heterocycles. The van der Waals surface area contributed by atoms with Crippen molar-refractivity contribution in [1.82, 2.24) is 10.4 Å². The highest BCUT2D eigenvalue weighted by Crippen LogP contribution is 2.15. The number of benzene rings is 2. The Morgan fingerprint density at radius 2 is 1.83 bits per heavy atom. The van der Waals surface area contributed by atoms with Gasteiger partial charge < -0.3 is 10.1 Å². The maximum Gasteiger partial charge on any atom is 0.271 e. The lowest BCUT2D eigenvalue weighted by atomic mass is 10.1. The molecule has 0 bridgehead atoms. The van der Waals surface area contributed by atoms with Gasteiger partial charge in [-0.05, 0) is 66.9 Å². The van der Waals surface area contributed by atoms with Gasteiger partial charge in [-0.15, -0.1) is 0 Å². The molecule has 2 N–H and O–H groups in total. The maximum atomic E-state index is 12.1. The first-order valence-corrected chi connectivity index (χ1v) is 9.34. The molecule has 0 aliphatic carbocycles. The lowest BCUT2D eigenvalue weighted by Crippen LogP contribution is -2.20. The van der Waals surface area contributed by atoms with Crippen molar-refractivity contribution in [3.8, 4) is 5.75 Å². The molecule has 1 heterocycles. The molecule has 3 rings (SSSR count). The van der Waals surface area contributed by atoms with Crippen LogP contribution in [0.2, 0.25) is 0 Å². The Hall–Kier alpha value is -4.00. The van der Waals surface area contributed by atoms with E-state index in [1.54, 1.807) is 30.3 Å². The Morgan fingerprint density at radius 3 is 2.60 bits per heavy atom. The van der Waals surface area contributed by atoms with Gasteiger partial charge in [-0.3, -0.25) is 14.6 Å². The monoisotopic (exact) mass is 402 g/mol. The second kappa shape index (κ2) is 9.97. The van der Waals surface area contributed by atoms with Crippen LogP contribution in [0.3, 0.4) is 0 Å². The van der Waals surface area contributed by atoms with Crippen LogP contribution in [-0.2, 0) is 4.79 Å². The number of ether oxygens (including phenoxy) is 1. The van der Waals surface area contributed by atoms with E-state index >= 15 is 0 Å². The summed E-state index contributed by atoms with van der Waals surface area (Å²) in [5.41, 5.74) is 6.65. The Kier molecular flexibility index (Phi) is 6.89. The number of aromatic nitrogens is 1. The zero-order valence-electron chi connectivity index (χ0n) is 16.8. The highest BCUT2D eigenvalue weighted by atomic mass is 16.5. The lowest BCUT2D eigenvalue weighted by molar-refractivity contribution is -0.118. The molecule has 7 nitrogen and oxygen atoms in total. The van der Waals surface area contributed by atoms with Crippen LogP contribution in [0.1, 0.15) is 27.0 Å². The van der Waals surface area contributed by atoms with Crippen molar-refractivity contribution in [3.63, 3.8) is 0 Å². The third-order valence-corrected chi connectivity index (χ3v) is 4.34. The highest BCUT2D eigenvalue weighted by Gasteiger charge is 2.06. The molecule has 2 aromatic carbocycles. The summed E-state index contributed by atoms with van der Waals surface area (Å²) in [6.07, 6.45) is 4.58. The molecule has 30 heavy (non-hydrogen) atoms. The number of hydrazone groups is 1. The van der Waals surface area contributed by atoms with Crippen LogP contribution in [0.4, 0.5) is 5.69 Å². The predicted molar refractivity (Wildman–Crippen MR) is 116 cm³/mol. The molecule has 0 unspecified atom stereocenters. The number of pyridine rings is 1. The van der Waals surface area contributed by atoms with Gasteiger partial charge in [-0.25, -0.2) is 5.43 Å². The van der Waals surface area contributed by atoms with Crippen LogP contribution in [0.15, 0.2) is 72.1 Å². The van der Waals surface area contributed by atoms with Gasteiger partial charge >= 0.3 is 0 Å². The molecular formula is C23H22N4O3. The van der Waals surface area contributed by atoms with Crippen molar-refractivity contribution in [2.24, 2.45) is 5.10 Å². The van der Waals surface area contributed by atoms with Gasteiger partial charge in [0.05, 0.1) is 6.21 Å². The number of aryl methyl sites for hydroxylation is 2. The van der Waals surface area contributed by atoms with Gasteiger partial charge in [0.15, 0.2) is 6.61 Å². The van der Waals surface area contributed by atoms with Gasteiger partial charge in [-0.1, -0.05) is 18.2 Å².